The zero-order valence-electron chi connectivity index (χ0n) is 13.2. The number of carbonyl (C=O) groups excluding carboxylic acids is 2. The van der Waals surface area contributed by atoms with Gasteiger partial charge in [-0.05, 0) is 18.7 Å². The van der Waals surface area contributed by atoms with E-state index in [1.54, 1.807) is 24.3 Å². The summed E-state index contributed by atoms with van der Waals surface area (Å²) in [5.41, 5.74) is -0.0428. The van der Waals surface area contributed by atoms with Crippen molar-refractivity contribution in [3.8, 4) is 0 Å². The highest BCUT2D eigenvalue weighted by molar-refractivity contribution is 5.98. The van der Waals surface area contributed by atoms with Crippen LogP contribution in [-0.4, -0.2) is 52.7 Å². The molecule has 2 fully saturated rings. The van der Waals surface area contributed by atoms with Crippen LogP contribution in [0.2, 0.25) is 0 Å². The largest absolute Gasteiger partial charge is 0.480 e. The molecule has 1 spiro atoms. The number of nitrogens with zero attached hydrogens (tertiary/aromatic N) is 1. The van der Waals surface area contributed by atoms with E-state index in [-0.39, 0.29) is 12.8 Å². The van der Waals surface area contributed by atoms with Crippen molar-refractivity contribution in [2.45, 2.75) is 37.3 Å². The van der Waals surface area contributed by atoms with Crippen molar-refractivity contribution in [3.05, 3.63) is 35.9 Å². The van der Waals surface area contributed by atoms with E-state index in [2.05, 4.69) is 5.32 Å². The summed E-state index contributed by atoms with van der Waals surface area (Å²) in [7, 11) is 0. The van der Waals surface area contributed by atoms with Crippen molar-refractivity contribution in [1.82, 2.24) is 10.2 Å². The second kappa shape index (κ2) is 6.60. The number of amides is 2. The van der Waals surface area contributed by atoms with E-state index >= 15 is 0 Å². The molecule has 0 saturated carbocycles. The summed E-state index contributed by atoms with van der Waals surface area (Å²) in [5, 5.41) is 12.7. The third-order valence-corrected chi connectivity index (χ3v) is 4.63. The number of piperidine rings is 1. The lowest BCUT2D eigenvalue weighted by atomic mass is 9.87. The molecular weight excluding hydrogens is 312 g/mol. The number of hydrogen-bond acceptors (Lipinski definition) is 5. The molecule has 24 heavy (non-hydrogen) atoms. The minimum absolute atomic E-state index is 0.0407. The predicted molar refractivity (Wildman–Crippen MR) is 84.3 cm³/mol. The molecule has 2 N–H and O–H groups in total. The number of rotatable bonds is 4. The van der Waals surface area contributed by atoms with Gasteiger partial charge in [0.1, 0.15) is 11.6 Å². The number of benzene rings is 1. The van der Waals surface area contributed by atoms with E-state index in [0.717, 1.165) is 10.5 Å². The molecule has 0 bridgehead atoms. The van der Waals surface area contributed by atoms with E-state index in [4.69, 9.17) is 4.74 Å². The average molecular weight is 332 g/mol. The zero-order valence-corrected chi connectivity index (χ0v) is 13.2. The smallest absolute Gasteiger partial charge is 0.417 e. The third-order valence-electron chi connectivity index (χ3n) is 4.63. The summed E-state index contributed by atoms with van der Waals surface area (Å²) >= 11 is 0. The van der Waals surface area contributed by atoms with Gasteiger partial charge in [0.15, 0.2) is 0 Å². The van der Waals surface area contributed by atoms with Gasteiger partial charge < -0.3 is 15.2 Å². The van der Waals surface area contributed by atoms with E-state index in [9.17, 15) is 19.5 Å². The molecule has 128 valence electrons. The van der Waals surface area contributed by atoms with Gasteiger partial charge in [-0.1, -0.05) is 30.3 Å². The molecule has 0 aliphatic carbocycles. The molecule has 1 unspecified atom stereocenters. The molecule has 1 aromatic carbocycles. The highest BCUT2D eigenvalue weighted by atomic mass is 16.6. The van der Waals surface area contributed by atoms with Crippen LogP contribution in [0.4, 0.5) is 4.79 Å². The van der Waals surface area contributed by atoms with Crippen molar-refractivity contribution in [3.63, 3.8) is 0 Å². The molecule has 0 aromatic heterocycles. The monoisotopic (exact) mass is 332 g/mol. The maximum atomic E-state index is 12.6. The van der Waals surface area contributed by atoms with Gasteiger partial charge >= 0.3 is 12.1 Å². The summed E-state index contributed by atoms with van der Waals surface area (Å²) in [4.78, 5) is 37.4. The van der Waals surface area contributed by atoms with Crippen molar-refractivity contribution < 1.29 is 24.2 Å². The first kappa shape index (κ1) is 16.4. The third kappa shape index (κ3) is 3.26. The van der Waals surface area contributed by atoms with Crippen LogP contribution in [-0.2, 0) is 20.7 Å². The summed E-state index contributed by atoms with van der Waals surface area (Å²) in [6, 6.07) is 7.67. The molecule has 2 amide bonds. The first-order valence-corrected chi connectivity index (χ1v) is 8.03. The van der Waals surface area contributed by atoms with Gasteiger partial charge in [0.25, 0.3) is 0 Å². The van der Waals surface area contributed by atoms with Crippen LogP contribution in [0.15, 0.2) is 30.3 Å². The lowest BCUT2D eigenvalue weighted by Crippen LogP contribution is -2.60. The molecule has 0 radical (unpaired) electrons. The van der Waals surface area contributed by atoms with E-state index < -0.39 is 29.6 Å². The molecule has 2 aliphatic heterocycles. The minimum atomic E-state index is -1.26. The van der Waals surface area contributed by atoms with Crippen LogP contribution in [0.5, 0.6) is 0 Å². The molecule has 7 nitrogen and oxygen atoms in total. The SMILES string of the molecule is O=C(O)C(Cc1ccccc1)N1C(=O)CC2(CCNCC2)OC1=O. The molecule has 3 rings (SSSR count). The Bertz CT molecular complexity index is 620. The fourth-order valence-corrected chi connectivity index (χ4v) is 3.32. The van der Waals surface area contributed by atoms with Crippen molar-refractivity contribution in [1.29, 1.82) is 0 Å². The van der Waals surface area contributed by atoms with E-state index in [0.29, 0.717) is 25.9 Å². The summed E-state index contributed by atoms with van der Waals surface area (Å²) in [6.45, 7) is 1.35. The van der Waals surface area contributed by atoms with Crippen LogP contribution < -0.4 is 5.32 Å². The number of ether oxygens (including phenoxy) is 1. The first-order valence-electron chi connectivity index (χ1n) is 8.03. The van der Waals surface area contributed by atoms with Crippen LogP contribution >= 0.6 is 0 Å². The Morgan fingerprint density at radius 2 is 1.92 bits per heavy atom. The molecule has 2 saturated heterocycles. The van der Waals surface area contributed by atoms with Gasteiger partial charge in [0.05, 0.1) is 6.42 Å². The van der Waals surface area contributed by atoms with Gasteiger partial charge in [-0.2, -0.15) is 0 Å². The number of carbonyl (C=O) groups is 3. The zero-order chi connectivity index (χ0) is 17.2. The predicted octanol–water partition coefficient (Wildman–Crippen LogP) is 1.17. The van der Waals surface area contributed by atoms with Crippen molar-refractivity contribution in [2.75, 3.05) is 13.1 Å². The minimum Gasteiger partial charge on any atom is -0.480 e. The second-order valence-corrected chi connectivity index (χ2v) is 6.29. The normalized spacial score (nSPS) is 21.4. The van der Waals surface area contributed by atoms with Crippen LogP contribution in [0.1, 0.15) is 24.8 Å². The number of imide groups is 1. The number of carboxylic acid groups (broad SMARTS) is 1. The van der Waals surface area contributed by atoms with Gasteiger partial charge in [-0.3, -0.25) is 4.79 Å². The Labute approximate surface area is 139 Å². The van der Waals surface area contributed by atoms with E-state index in [1.165, 1.54) is 0 Å². The lowest BCUT2D eigenvalue weighted by molar-refractivity contribution is -0.159. The molecular formula is C17H20N2O5. The topological polar surface area (TPSA) is 95.9 Å². The first-order chi connectivity index (χ1) is 11.5. The summed E-state index contributed by atoms with van der Waals surface area (Å²) in [5.74, 6) is -1.69. The highest BCUT2D eigenvalue weighted by Gasteiger charge is 2.49. The highest BCUT2D eigenvalue weighted by Crippen LogP contribution is 2.33. The van der Waals surface area contributed by atoms with Crippen molar-refractivity contribution >= 4 is 18.0 Å². The summed E-state index contributed by atoms with van der Waals surface area (Å²) < 4.78 is 5.53. The number of nitrogens with one attached hydrogen (secondary N) is 1. The fraction of sp³-hybridized carbons (Fsp3) is 0.471. The molecule has 1 atom stereocenters. The van der Waals surface area contributed by atoms with Gasteiger partial charge in [0, 0.05) is 19.3 Å². The van der Waals surface area contributed by atoms with Gasteiger partial charge in [-0.25, -0.2) is 14.5 Å². The average Bonchev–Trinajstić information content (AvgIpc) is 2.54. The van der Waals surface area contributed by atoms with Gasteiger partial charge in [-0.15, -0.1) is 0 Å². The number of aliphatic carboxylic acids is 1. The quantitative estimate of drug-likeness (QED) is 0.859. The number of hydrogen-bond donors (Lipinski definition) is 2. The summed E-state index contributed by atoms with van der Waals surface area (Å²) in [6.07, 6.45) is 0.380. The fourth-order valence-electron chi connectivity index (χ4n) is 3.32. The number of carboxylic acids is 1. The molecule has 7 heteroatoms. The second-order valence-electron chi connectivity index (χ2n) is 6.29. The Morgan fingerprint density at radius 3 is 2.50 bits per heavy atom. The molecule has 2 heterocycles. The van der Waals surface area contributed by atoms with Crippen molar-refractivity contribution in [2.24, 2.45) is 0 Å². The molecule has 2 aliphatic rings. The Hall–Kier alpha value is -2.41. The Balaban J connectivity index is 1.80. The van der Waals surface area contributed by atoms with Gasteiger partial charge in [0.2, 0.25) is 5.91 Å². The van der Waals surface area contributed by atoms with E-state index in [1.807, 2.05) is 6.07 Å². The Kier molecular flexibility index (Phi) is 4.53. The van der Waals surface area contributed by atoms with Crippen LogP contribution in [0.25, 0.3) is 0 Å². The Morgan fingerprint density at radius 1 is 1.25 bits per heavy atom. The maximum Gasteiger partial charge on any atom is 0.417 e. The molecule has 1 aromatic rings. The standard InChI is InChI=1S/C17H20N2O5/c20-14-11-17(6-8-18-9-7-17)24-16(23)19(14)13(15(21)22)10-12-4-2-1-3-5-12/h1-5,13,18H,6-11H2,(H,21,22). The lowest BCUT2D eigenvalue weighted by Gasteiger charge is -2.43. The van der Waals surface area contributed by atoms with Crippen LogP contribution in [0.3, 0.4) is 0 Å². The van der Waals surface area contributed by atoms with Crippen LogP contribution in [0, 0.1) is 0 Å². The maximum absolute atomic E-state index is 12.6.